The van der Waals surface area contributed by atoms with Crippen molar-refractivity contribution in [1.29, 1.82) is 0 Å². The molecule has 0 saturated heterocycles. The molecule has 0 spiro atoms. The van der Waals surface area contributed by atoms with Crippen LogP contribution in [0.1, 0.15) is 18.4 Å². The SMILES string of the molecule is Cc1cncc(NC(=O)CNC2CC2)c1. The van der Waals surface area contributed by atoms with Gasteiger partial charge in [-0.3, -0.25) is 9.78 Å². The molecule has 2 rings (SSSR count). The summed E-state index contributed by atoms with van der Waals surface area (Å²) in [5, 5.41) is 5.96. The number of hydrogen-bond acceptors (Lipinski definition) is 3. The summed E-state index contributed by atoms with van der Waals surface area (Å²) in [5.41, 5.74) is 1.81. The van der Waals surface area contributed by atoms with E-state index in [9.17, 15) is 4.79 Å². The topological polar surface area (TPSA) is 54.0 Å². The number of rotatable bonds is 4. The third-order valence-electron chi connectivity index (χ3n) is 2.29. The van der Waals surface area contributed by atoms with Gasteiger partial charge in [-0.25, -0.2) is 0 Å². The summed E-state index contributed by atoms with van der Waals surface area (Å²) in [4.78, 5) is 15.5. The first-order valence-corrected chi connectivity index (χ1v) is 5.19. The molecule has 1 heterocycles. The Hall–Kier alpha value is -1.42. The number of aryl methyl sites for hydroxylation is 1. The fraction of sp³-hybridized carbons (Fsp3) is 0.455. The van der Waals surface area contributed by atoms with Crippen molar-refractivity contribution < 1.29 is 4.79 Å². The molecule has 80 valence electrons. The molecule has 4 heteroatoms. The molecule has 0 atom stereocenters. The van der Waals surface area contributed by atoms with E-state index in [1.165, 1.54) is 12.8 Å². The molecule has 0 radical (unpaired) electrons. The minimum Gasteiger partial charge on any atom is -0.324 e. The largest absolute Gasteiger partial charge is 0.324 e. The van der Waals surface area contributed by atoms with Crippen LogP contribution in [0.4, 0.5) is 5.69 Å². The lowest BCUT2D eigenvalue weighted by Gasteiger charge is -2.05. The summed E-state index contributed by atoms with van der Waals surface area (Å²) >= 11 is 0. The number of hydrogen-bond donors (Lipinski definition) is 2. The molecule has 1 aromatic heterocycles. The van der Waals surface area contributed by atoms with Crippen LogP contribution in [0.5, 0.6) is 0 Å². The van der Waals surface area contributed by atoms with Gasteiger partial charge < -0.3 is 10.6 Å². The summed E-state index contributed by atoms with van der Waals surface area (Å²) < 4.78 is 0. The Balaban J connectivity index is 1.81. The summed E-state index contributed by atoms with van der Waals surface area (Å²) in [6.45, 7) is 2.34. The second-order valence-electron chi connectivity index (χ2n) is 3.95. The van der Waals surface area contributed by atoms with Crippen molar-refractivity contribution >= 4 is 11.6 Å². The number of aromatic nitrogens is 1. The highest BCUT2D eigenvalue weighted by Crippen LogP contribution is 2.18. The lowest BCUT2D eigenvalue weighted by molar-refractivity contribution is -0.115. The average Bonchev–Trinajstić information content (AvgIpc) is 2.98. The smallest absolute Gasteiger partial charge is 0.238 e. The van der Waals surface area contributed by atoms with E-state index in [0.717, 1.165) is 11.3 Å². The van der Waals surface area contributed by atoms with E-state index >= 15 is 0 Å². The first kappa shape index (κ1) is 10.1. The third kappa shape index (κ3) is 3.32. The van der Waals surface area contributed by atoms with Crippen molar-refractivity contribution in [2.75, 3.05) is 11.9 Å². The van der Waals surface area contributed by atoms with Gasteiger partial charge in [0.2, 0.25) is 5.91 Å². The minimum absolute atomic E-state index is 0.00528. The van der Waals surface area contributed by atoms with Gasteiger partial charge in [0, 0.05) is 12.2 Å². The number of anilines is 1. The predicted molar refractivity (Wildman–Crippen MR) is 58.6 cm³/mol. The van der Waals surface area contributed by atoms with Gasteiger partial charge in [-0.2, -0.15) is 0 Å². The van der Waals surface area contributed by atoms with Gasteiger partial charge in [0.1, 0.15) is 0 Å². The standard InChI is InChI=1S/C11H15N3O/c1-8-4-10(6-12-5-8)14-11(15)7-13-9-2-3-9/h4-6,9,13H,2-3,7H2,1H3,(H,14,15). The molecule has 1 aliphatic carbocycles. The molecular formula is C11H15N3O. The van der Waals surface area contributed by atoms with Gasteiger partial charge >= 0.3 is 0 Å². The molecule has 1 fully saturated rings. The number of amides is 1. The molecule has 15 heavy (non-hydrogen) atoms. The second-order valence-corrected chi connectivity index (χ2v) is 3.95. The maximum Gasteiger partial charge on any atom is 0.238 e. The first-order valence-electron chi connectivity index (χ1n) is 5.19. The zero-order valence-electron chi connectivity index (χ0n) is 8.79. The van der Waals surface area contributed by atoms with Gasteiger partial charge in [-0.15, -0.1) is 0 Å². The fourth-order valence-corrected chi connectivity index (χ4v) is 1.35. The maximum atomic E-state index is 11.5. The van der Waals surface area contributed by atoms with E-state index < -0.39 is 0 Å². The van der Waals surface area contributed by atoms with Gasteiger partial charge in [0.05, 0.1) is 18.4 Å². The van der Waals surface area contributed by atoms with Crippen LogP contribution in [0.3, 0.4) is 0 Å². The molecule has 0 aliphatic heterocycles. The van der Waals surface area contributed by atoms with E-state index in [2.05, 4.69) is 15.6 Å². The van der Waals surface area contributed by atoms with Crippen LogP contribution in [0.2, 0.25) is 0 Å². The highest BCUT2D eigenvalue weighted by atomic mass is 16.1. The molecular weight excluding hydrogens is 190 g/mol. The fourth-order valence-electron chi connectivity index (χ4n) is 1.35. The quantitative estimate of drug-likeness (QED) is 0.773. The van der Waals surface area contributed by atoms with Gasteiger partial charge in [-0.05, 0) is 31.4 Å². The van der Waals surface area contributed by atoms with Crippen molar-refractivity contribution in [2.24, 2.45) is 0 Å². The van der Waals surface area contributed by atoms with E-state index in [1.54, 1.807) is 12.4 Å². The minimum atomic E-state index is -0.00528. The predicted octanol–water partition coefficient (Wildman–Crippen LogP) is 1.08. The van der Waals surface area contributed by atoms with Crippen LogP contribution < -0.4 is 10.6 Å². The van der Waals surface area contributed by atoms with E-state index in [4.69, 9.17) is 0 Å². The van der Waals surface area contributed by atoms with E-state index in [0.29, 0.717) is 12.6 Å². The molecule has 0 unspecified atom stereocenters. The van der Waals surface area contributed by atoms with Crippen LogP contribution >= 0.6 is 0 Å². The molecule has 0 bridgehead atoms. The maximum absolute atomic E-state index is 11.5. The van der Waals surface area contributed by atoms with Crippen molar-refractivity contribution in [2.45, 2.75) is 25.8 Å². The molecule has 4 nitrogen and oxygen atoms in total. The Morgan fingerprint density at radius 2 is 2.33 bits per heavy atom. The summed E-state index contributed by atoms with van der Waals surface area (Å²) in [6.07, 6.45) is 5.80. The molecule has 1 saturated carbocycles. The average molecular weight is 205 g/mol. The second kappa shape index (κ2) is 4.40. The number of carbonyl (C=O) groups is 1. The Bertz CT molecular complexity index is 361. The monoisotopic (exact) mass is 205 g/mol. The van der Waals surface area contributed by atoms with Crippen LogP contribution in [-0.2, 0) is 4.79 Å². The summed E-state index contributed by atoms with van der Waals surface area (Å²) in [5.74, 6) is -0.00528. The highest BCUT2D eigenvalue weighted by Gasteiger charge is 2.21. The zero-order valence-corrected chi connectivity index (χ0v) is 8.79. The van der Waals surface area contributed by atoms with Crippen molar-refractivity contribution in [3.8, 4) is 0 Å². The molecule has 1 aliphatic rings. The molecule has 1 amide bonds. The van der Waals surface area contributed by atoms with Crippen molar-refractivity contribution in [1.82, 2.24) is 10.3 Å². The van der Waals surface area contributed by atoms with Crippen LogP contribution in [-0.4, -0.2) is 23.5 Å². The lowest BCUT2D eigenvalue weighted by Crippen LogP contribution is -2.29. The van der Waals surface area contributed by atoms with Gasteiger partial charge in [-0.1, -0.05) is 0 Å². The number of pyridine rings is 1. The lowest BCUT2D eigenvalue weighted by atomic mass is 10.3. The summed E-state index contributed by atoms with van der Waals surface area (Å²) in [6, 6.07) is 2.47. The Labute approximate surface area is 89.1 Å². The van der Waals surface area contributed by atoms with Crippen molar-refractivity contribution in [3.63, 3.8) is 0 Å². The third-order valence-corrected chi connectivity index (χ3v) is 2.29. The van der Waals surface area contributed by atoms with Crippen molar-refractivity contribution in [3.05, 3.63) is 24.0 Å². The molecule has 2 N–H and O–H groups in total. The van der Waals surface area contributed by atoms with Crippen LogP contribution in [0.15, 0.2) is 18.5 Å². The number of carbonyl (C=O) groups excluding carboxylic acids is 1. The number of nitrogens with zero attached hydrogens (tertiary/aromatic N) is 1. The Morgan fingerprint density at radius 3 is 3.00 bits per heavy atom. The molecule has 0 aromatic carbocycles. The molecule has 1 aromatic rings. The van der Waals surface area contributed by atoms with E-state index in [-0.39, 0.29) is 5.91 Å². The van der Waals surface area contributed by atoms with Crippen LogP contribution in [0, 0.1) is 6.92 Å². The Kier molecular flexibility index (Phi) is 2.97. The van der Waals surface area contributed by atoms with Gasteiger partial charge in [0.15, 0.2) is 0 Å². The van der Waals surface area contributed by atoms with Crippen LogP contribution in [0.25, 0.3) is 0 Å². The normalized spacial score (nSPS) is 15.0. The Morgan fingerprint density at radius 1 is 1.53 bits per heavy atom. The highest BCUT2D eigenvalue weighted by molar-refractivity contribution is 5.92. The first-order chi connectivity index (χ1) is 7.24. The van der Waals surface area contributed by atoms with Gasteiger partial charge in [0.25, 0.3) is 0 Å². The summed E-state index contributed by atoms with van der Waals surface area (Å²) in [7, 11) is 0. The zero-order chi connectivity index (χ0) is 10.7. The van der Waals surface area contributed by atoms with E-state index in [1.807, 2.05) is 13.0 Å². The number of nitrogens with one attached hydrogen (secondary N) is 2.